The van der Waals surface area contributed by atoms with Gasteiger partial charge in [-0.1, -0.05) is 18.2 Å². The van der Waals surface area contributed by atoms with E-state index in [9.17, 15) is 0 Å². The molecule has 1 aromatic rings. The third kappa shape index (κ3) is 4.06. The number of nitrogens with zero attached hydrogens (tertiary/aromatic N) is 2. The van der Waals surface area contributed by atoms with E-state index in [-0.39, 0.29) is 0 Å². The van der Waals surface area contributed by atoms with Crippen LogP contribution in [-0.2, 0) is 0 Å². The van der Waals surface area contributed by atoms with Gasteiger partial charge in [0.1, 0.15) is 20.3 Å². The number of benzene rings is 1. The second kappa shape index (κ2) is 5.09. The Morgan fingerprint density at radius 2 is 1.92 bits per heavy atom. The second-order valence-corrected chi connectivity index (χ2v) is 2.87. The molecule has 0 bridgehead atoms. The van der Waals surface area contributed by atoms with Crippen molar-refractivity contribution in [2.24, 2.45) is 5.10 Å². The molecule has 0 fully saturated rings. The highest BCUT2D eigenvalue weighted by Crippen LogP contribution is 2.03. The van der Waals surface area contributed by atoms with E-state index in [2.05, 4.69) is 10.5 Å². The van der Waals surface area contributed by atoms with Crippen LogP contribution < -0.4 is 5.43 Å². The van der Waals surface area contributed by atoms with E-state index in [1.165, 1.54) is 0 Å². The maximum atomic E-state index is 4.01. The number of rotatable bonds is 3. The Balaban J connectivity index is 2.44. The molecule has 0 atom stereocenters. The molecular weight excluding hydrogens is 162 g/mol. The van der Waals surface area contributed by atoms with Crippen LogP contribution in [0.3, 0.4) is 0 Å². The molecular formula is C10H14N3+. The predicted octanol–water partition coefficient (Wildman–Crippen LogP) is 1.43. The van der Waals surface area contributed by atoms with Crippen molar-refractivity contribution in [2.75, 3.05) is 19.5 Å². The summed E-state index contributed by atoms with van der Waals surface area (Å²) in [6.07, 6.45) is 3.59. The molecule has 68 valence electrons. The summed E-state index contributed by atoms with van der Waals surface area (Å²) < 4.78 is 1.93. The van der Waals surface area contributed by atoms with Crippen LogP contribution in [0.1, 0.15) is 0 Å². The number of hydrogen-bond acceptors (Lipinski definition) is 2. The van der Waals surface area contributed by atoms with E-state index in [1.54, 1.807) is 6.21 Å². The molecule has 1 N–H and O–H groups in total. The van der Waals surface area contributed by atoms with Gasteiger partial charge >= 0.3 is 0 Å². The molecule has 0 spiro atoms. The molecule has 0 aromatic heterocycles. The van der Waals surface area contributed by atoms with E-state index in [0.717, 1.165) is 5.69 Å². The number of para-hydroxylation sites is 1. The molecule has 0 aliphatic heterocycles. The van der Waals surface area contributed by atoms with E-state index in [0.29, 0.717) is 0 Å². The van der Waals surface area contributed by atoms with E-state index in [1.807, 2.05) is 55.2 Å². The van der Waals surface area contributed by atoms with Gasteiger partial charge in [-0.15, -0.1) is 0 Å². The first-order chi connectivity index (χ1) is 6.29. The fourth-order valence-electron chi connectivity index (χ4n) is 0.791. The van der Waals surface area contributed by atoms with Crippen molar-refractivity contribution in [1.82, 2.24) is 0 Å². The monoisotopic (exact) mass is 176 g/mol. The Bertz CT molecular complexity index is 297. The van der Waals surface area contributed by atoms with Gasteiger partial charge in [0.05, 0.1) is 5.69 Å². The van der Waals surface area contributed by atoms with Gasteiger partial charge in [0.25, 0.3) is 0 Å². The highest BCUT2D eigenvalue weighted by molar-refractivity contribution is 6.13. The lowest BCUT2D eigenvalue weighted by Crippen LogP contribution is -2.00. The number of hydrogen-bond donors (Lipinski definition) is 1. The lowest BCUT2D eigenvalue weighted by molar-refractivity contribution is -0.457. The van der Waals surface area contributed by atoms with Crippen molar-refractivity contribution in [2.45, 2.75) is 0 Å². The fourth-order valence-corrected chi connectivity index (χ4v) is 0.791. The van der Waals surface area contributed by atoms with Crippen LogP contribution in [0.5, 0.6) is 0 Å². The Morgan fingerprint density at radius 3 is 2.54 bits per heavy atom. The molecule has 3 nitrogen and oxygen atoms in total. The SMILES string of the molecule is C[N+](C)=C/C=N/Nc1ccccc1. The van der Waals surface area contributed by atoms with Gasteiger partial charge < -0.3 is 0 Å². The van der Waals surface area contributed by atoms with Crippen molar-refractivity contribution in [3.05, 3.63) is 30.3 Å². The number of nitrogens with one attached hydrogen (secondary N) is 1. The summed E-state index contributed by atoms with van der Waals surface area (Å²) in [5.74, 6) is 0. The van der Waals surface area contributed by atoms with E-state index >= 15 is 0 Å². The zero-order chi connectivity index (χ0) is 9.52. The standard InChI is InChI=1S/C10H13N3/c1-13(2)9-8-11-12-10-6-4-3-5-7-10/h3-9H,1-2H3/p+1. The summed E-state index contributed by atoms with van der Waals surface area (Å²) in [6.45, 7) is 0. The third-order valence-electron chi connectivity index (χ3n) is 1.41. The summed E-state index contributed by atoms with van der Waals surface area (Å²) >= 11 is 0. The van der Waals surface area contributed by atoms with Gasteiger partial charge in [0, 0.05) is 0 Å². The van der Waals surface area contributed by atoms with Gasteiger partial charge in [-0.05, 0) is 12.1 Å². The van der Waals surface area contributed by atoms with Gasteiger partial charge in [-0.25, -0.2) is 4.58 Å². The first-order valence-corrected chi connectivity index (χ1v) is 4.13. The molecule has 0 aliphatic rings. The van der Waals surface area contributed by atoms with Crippen LogP contribution >= 0.6 is 0 Å². The van der Waals surface area contributed by atoms with Crippen LogP contribution in [0.2, 0.25) is 0 Å². The van der Waals surface area contributed by atoms with Crippen LogP contribution in [0.15, 0.2) is 35.4 Å². The van der Waals surface area contributed by atoms with Crippen LogP contribution in [0, 0.1) is 0 Å². The summed E-state index contributed by atoms with van der Waals surface area (Å²) in [7, 11) is 3.91. The van der Waals surface area contributed by atoms with Crippen molar-refractivity contribution >= 4 is 18.1 Å². The molecule has 13 heavy (non-hydrogen) atoms. The molecule has 1 aromatic carbocycles. The van der Waals surface area contributed by atoms with Crippen molar-refractivity contribution in [1.29, 1.82) is 0 Å². The van der Waals surface area contributed by atoms with Gasteiger partial charge in [0.2, 0.25) is 0 Å². The van der Waals surface area contributed by atoms with Crippen LogP contribution in [-0.4, -0.2) is 31.1 Å². The summed E-state index contributed by atoms with van der Waals surface area (Å²) in [6, 6.07) is 9.84. The van der Waals surface area contributed by atoms with E-state index in [4.69, 9.17) is 0 Å². The average molecular weight is 176 g/mol. The molecule has 3 heteroatoms. The second-order valence-electron chi connectivity index (χ2n) is 2.87. The maximum Gasteiger partial charge on any atom is 0.183 e. The Labute approximate surface area is 78.4 Å². The van der Waals surface area contributed by atoms with Gasteiger partial charge in [-0.3, -0.25) is 5.43 Å². The molecule has 0 unspecified atom stereocenters. The fraction of sp³-hybridized carbons (Fsp3) is 0.200. The molecule has 1 rings (SSSR count). The Hall–Kier alpha value is -1.64. The highest BCUT2D eigenvalue weighted by atomic mass is 15.3. The first-order valence-electron chi connectivity index (χ1n) is 4.13. The largest absolute Gasteiger partial charge is 0.278 e. The Morgan fingerprint density at radius 1 is 1.23 bits per heavy atom. The van der Waals surface area contributed by atoms with Gasteiger partial charge in [-0.2, -0.15) is 5.10 Å². The van der Waals surface area contributed by atoms with Crippen molar-refractivity contribution in [3.8, 4) is 0 Å². The molecule has 0 saturated heterocycles. The van der Waals surface area contributed by atoms with Crippen molar-refractivity contribution in [3.63, 3.8) is 0 Å². The normalized spacial score (nSPS) is 10.0. The van der Waals surface area contributed by atoms with Crippen LogP contribution in [0.4, 0.5) is 5.69 Å². The lowest BCUT2D eigenvalue weighted by Gasteiger charge is -1.95. The quantitative estimate of drug-likeness (QED) is 0.421. The third-order valence-corrected chi connectivity index (χ3v) is 1.41. The number of anilines is 1. The zero-order valence-corrected chi connectivity index (χ0v) is 7.94. The Kier molecular flexibility index (Phi) is 3.70. The average Bonchev–Trinajstić information content (AvgIpc) is 2.14. The minimum atomic E-state index is 0.992. The van der Waals surface area contributed by atoms with Crippen LogP contribution in [0.25, 0.3) is 0 Å². The smallest absolute Gasteiger partial charge is 0.183 e. The summed E-state index contributed by atoms with van der Waals surface area (Å²) in [4.78, 5) is 0. The minimum Gasteiger partial charge on any atom is -0.278 e. The van der Waals surface area contributed by atoms with E-state index < -0.39 is 0 Å². The first kappa shape index (κ1) is 9.45. The summed E-state index contributed by atoms with van der Waals surface area (Å²) in [5.41, 5.74) is 3.90. The minimum absolute atomic E-state index is 0.992. The lowest BCUT2D eigenvalue weighted by atomic mass is 10.3. The topological polar surface area (TPSA) is 27.4 Å². The summed E-state index contributed by atoms with van der Waals surface area (Å²) in [5, 5.41) is 4.01. The molecule has 0 heterocycles. The van der Waals surface area contributed by atoms with Crippen molar-refractivity contribution < 1.29 is 4.58 Å². The predicted molar refractivity (Wildman–Crippen MR) is 56.7 cm³/mol. The molecule has 0 saturated carbocycles. The molecule has 0 amide bonds. The number of hydrazone groups is 1. The molecule has 0 aliphatic carbocycles. The molecule has 0 radical (unpaired) electrons. The van der Waals surface area contributed by atoms with Gasteiger partial charge in [0.15, 0.2) is 6.21 Å². The highest BCUT2D eigenvalue weighted by Gasteiger charge is 1.83. The zero-order valence-electron chi connectivity index (χ0n) is 7.94. The maximum absolute atomic E-state index is 4.01.